The number of pyridine rings is 1. The first-order chi connectivity index (χ1) is 8.29. The van der Waals surface area contributed by atoms with Gasteiger partial charge in [-0.3, -0.25) is 4.57 Å². The zero-order valence-corrected chi connectivity index (χ0v) is 9.17. The lowest BCUT2D eigenvalue weighted by Gasteiger charge is -2.08. The van der Waals surface area contributed by atoms with Crippen LogP contribution in [-0.2, 0) is 6.42 Å². The average Bonchev–Trinajstić information content (AvgIpc) is 2.89. The smallest absolute Gasteiger partial charge is 0.183 e. The van der Waals surface area contributed by atoms with Crippen LogP contribution in [0.15, 0.2) is 18.2 Å². The fourth-order valence-electron chi connectivity index (χ4n) is 2.13. The summed E-state index contributed by atoms with van der Waals surface area (Å²) >= 11 is 0. The highest BCUT2D eigenvalue weighted by Crippen LogP contribution is 2.29. The quantitative estimate of drug-likeness (QED) is 0.736. The summed E-state index contributed by atoms with van der Waals surface area (Å²) < 4.78 is 1.97. The summed E-state index contributed by atoms with van der Waals surface area (Å²) in [6.45, 7) is 0. The second-order valence-electron chi connectivity index (χ2n) is 3.98. The molecule has 0 saturated heterocycles. The monoisotopic (exact) mass is 225 g/mol. The number of terminal acetylenes is 1. The Bertz CT molecular complexity index is 608. The Balaban J connectivity index is 2.15. The highest BCUT2D eigenvalue weighted by molar-refractivity contribution is 5.53. The predicted octanol–water partition coefficient (Wildman–Crippen LogP) is 1.04. The third-order valence-electron chi connectivity index (χ3n) is 2.91. The number of aryl methyl sites for hydroxylation is 1. The minimum atomic E-state index is 0.0261. The van der Waals surface area contributed by atoms with Crippen molar-refractivity contribution in [3.8, 4) is 23.9 Å². The van der Waals surface area contributed by atoms with Crippen molar-refractivity contribution in [3.05, 3.63) is 24.0 Å². The molecule has 2 N–H and O–H groups in total. The first-order valence-corrected chi connectivity index (χ1v) is 5.42. The summed E-state index contributed by atoms with van der Waals surface area (Å²) in [6.07, 6.45) is 7.29. The van der Waals surface area contributed by atoms with Crippen LogP contribution in [-0.4, -0.2) is 19.7 Å². The molecule has 2 aromatic rings. The number of nitrogens with zero attached hydrogens (tertiary/aromatic N) is 4. The number of aromatic nitrogens is 4. The molecule has 1 aliphatic rings. The molecule has 0 saturated carbocycles. The molecule has 0 aromatic carbocycles. The molecule has 0 radical (unpaired) electrons. The van der Waals surface area contributed by atoms with Gasteiger partial charge in [-0.25, -0.2) is 4.98 Å². The minimum absolute atomic E-state index is 0.0261. The Labute approximate surface area is 98.7 Å². The van der Waals surface area contributed by atoms with E-state index in [0.29, 0.717) is 17.3 Å². The molecule has 2 aromatic heterocycles. The van der Waals surface area contributed by atoms with Crippen molar-refractivity contribution in [1.82, 2.24) is 19.7 Å². The molecule has 5 nitrogen and oxygen atoms in total. The van der Waals surface area contributed by atoms with Crippen molar-refractivity contribution in [3.63, 3.8) is 0 Å². The lowest BCUT2D eigenvalue weighted by molar-refractivity contribution is 0.664. The SMILES string of the molecule is C#C[C@@H]1CCc2nnc(-c3cccc(N)n3)n21. The summed E-state index contributed by atoms with van der Waals surface area (Å²) in [5.74, 6) is 4.85. The Morgan fingerprint density at radius 2 is 2.29 bits per heavy atom. The van der Waals surface area contributed by atoms with Gasteiger partial charge in [0, 0.05) is 6.42 Å². The first-order valence-electron chi connectivity index (χ1n) is 5.42. The van der Waals surface area contributed by atoms with Crippen LogP contribution in [0.25, 0.3) is 11.5 Å². The topological polar surface area (TPSA) is 69.6 Å². The largest absolute Gasteiger partial charge is 0.384 e. The lowest BCUT2D eigenvalue weighted by Crippen LogP contribution is -2.05. The number of rotatable bonds is 1. The van der Waals surface area contributed by atoms with E-state index in [9.17, 15) is 0 Å². The summed E-state index contributed by atoms with van der Waals surface area (Å²) in [5, 5.41) is 8.28. The van der Waals surface area contributed by atoms with Crippen molar-refractivity contribution in [1.29, 1.82) is 0 Å². The van der Waals surface area contributed by atoms with Gasteiger partial charge in [-0.15, -0.1) is 16.6 Å². The van der Waals surface area contributed by atoms with Gasteiger partial charge in [0.15, 0.2) is 5.82 Å². The Hall–Kier alpha value is -2.35. The zero-order chi connectivity index (χ0) is 11.8. The van der Waals surface area contributed by atoms with Crippen LogP contribution >= 0.6 is 0 Å². The predicted molar refractivity (Wildman–Crippen MR) is 63.9 cm³/mol. The van der Waals surface area contributed by atoms with Crippen LogP contribution in [0.1, 0.15) is 18.3 Å². The number of anilines is 1. The molecule has 0 fully saturated rings. The molecule has 3 rings (SSSR count). The molecule has 84 valence electrons. The molecule has 0 spiro atoms. The van der Waals surface area contributed by atoms with Crippen LogP contribution in [0.2, 0.25) is 0 Å². The van der Waals surface area contributed by atoms with Gasteiger partial charge in [-0.05, 0) is 18.6 Å². The van der Waals surface area contributed by atoms with Crippen molar-refractivity contribution in [2.45, 2.75) is 18.9 Å². The molecule has 0 amide bonds. The number of hydrogen-bond acceptors (Lipinski definition) is 4. The Morgan fingerprint density at radius 1 is 1.41 bits per heavy atom. The second kappa shape index (κ2) is 3.59. The number of nitrogen functional groups attached to an aromatic ring is 1. The molecule has 17 heavy (non-hydrogen) atoms. The van der Waals surface area contributed by atoms with Gasteiger partial charge in [0.1, 0.15) is 17.3 Å². The van der Waals surface area contributed by atoms with Gasteiger partial charge in [-0.2, -0.15) is 0 Å². The van der Waals surface area contributed by atoms with Gasteiger partial charge in [0.25, 0.3) is 0 Å². The van der Waals surface area contributed by atoms with E-state index in [0.717, 1.165) is 18.7 Å². The summed E-state index contributed by atoms with van der Waals surface area (Å²) in [4.78, 5) is 4.25. The maximum absolute atomic E-state index is 5.67. The van der Waals surface area contributed by atoms with Crippen LogP contribution in [0.4, 0.5) is 5.82 Å². The zero-order valence-electron chi connectivity index (χ0n) is 9.17. The number of hydrogen-bond donors (Lipinski definition) is 1. The molecule has 1 atom stereocenters. The third-order valence-corrected chi connectivity index (χ3v) is 2.91. The second-order valence-corrected chi connectivity index (χ2v) is 3.98. The van der Waals surface area contributed by atoms with Crippen LogP contribution in [0.3, 0.4) is 0 Å². The van der Waals surface area contributed by atoms with Crippen LogP contribution in [0, 0.1) is 12.3 Å². The van der Waals surface area contributed by atoms with Gasteiger partial charge in [-0.1, -0.05) is 12.0 Å². The fraction of sp³-hybridized carbons (Fsp3) is 0.250. The maximum atomic E-state index is 5.67. The third kappa shape index (κ3) is 1.46. The van der Waals surface area contributed by atoms with Gasteiger partial charge < -0.3 is 5.73 Å². The summed E-state index contributed by atoms with van der Waals surface area (Å²) in [5.41, 5.74) is 6.38. The molecule has 1 aliphatic heterocycles. The highest BCUT2D eigenvalue weighted by Gasteiger charge is 2.26. The van der Waals surface area contributed by atoms with Gasteiger partial charge in [0.05, 0.1) is 6.04 Å². The fourth-order valence-corrected chi connectivity index (χ4v) is 2.13. The average molecular weight is 225 g/mol. The Morgan fingerprint density at radius 3 is 3.06 bits per heavy atom. The van der Waals surface area contributed by atoms with E-state index in [1.54, 1.807) is 6.07 Å². The molecular weight excluding hydrogens is 214 g/mol. The van der Waals surface area contributed by atoms with Crippen LogP contribution < -0.4 is 5.73 Å². The standard InChI is InChI=1S/C12H11N5/c1-2-8-6-7-11-15-16-12(17(8)11)9-4-3-5-10(13)14-9/h1,3-5,8H,6-7H2,(H2,13,14)/t8-/m1/s1. The molecule has 0 unspecified atom stereocenters. The van der Waals surface area contributed by atoms with E-state index in [2.05, 4.69) is 21.1 Å². The van der Waals surface area contributed by atoms with E-state index in [-0.39, 0.29) is 6.04 Å². The van der Waals surface area contributed by atoms with E-state index in [1.165, 1.54) is 0 Å². The van der Waals surface area contributed by atoms with Crippen molar-refractivity contribution < 1.29 is 0 Å². The minimum Gasteiger partial charge on any atom is -0.384 e. The van der Waals surface area contributed by atoms with Crippen molar-refractivity contribution in [2.75, 3.05) is 5.73 Å². The molecule has 0 aliphatic carbocycles. The normalized spacial score (nSPS) is 17.7. The first kappa shape index (κ1) is 9.85. The van der Waals surface area contributed by atoms with E-state index >= 15 is 0 Å². The molecule has 3 heterocycles. The summed E-state index contributed by atoms with van der Waals surface area (Å²) in [7, 11) is 0. The molecular formula is C12H11N5. The van der Waals surface area contributed by atoms with Gasteiger partial charge >= 0.3 is 0 Å². The maximum Gasteiger partial charge on any atom is 0.183 e. The molecule has 5 heteroatoms. The van der Waals surface area contributed by atoms with Crippen molar-refractivity contribution in [2.24, 2.45) is 0 Å². The number of fused-ring (bicyclic) bond motifs is 1. The van der Waals surface area contributed by atoms with Crippen molar-refractivity contribution >= 4 is 5.82 Å². The highest BCUT2D eigenvalue weighted by atomic mass is 15.3. The van der Waals surface area contributed by atoms with E-state index in [4.69, 9.17) is 12.2 Å². The van der Waals surface area contributed by atoms with E-state index < -0.39 is 0 Å². The number of nitrogens with two attached hydrogens (primary N) is 1. The lowest BCUT2D eigenvalue weighted by atomic mass is 10.2. The Kier molecular flexibility index (Phi) is 2.08. The summed E-state index contributed by atoms with van der Waals surface area (Å²) in [6, 6.07) is 5.47. The van der Waals surface area contributed by atoms with Crippen LogP contribution in [0.5, 0.6) is 0 Å². The van der Waals surface area contributed by atoms with E-state index in [1.807, 2.05) is 16.7 Å². The molecule has 0 bridgehead atoms. The van der Waals surface area contributed by atoms with Gasteiger partial charge in [0.2, 0.25) is 0 Å².